The van der Waals surface area contributed by atoms with E-state index in [1.165, 1.54) is 13.0 Å². The van der Waals surface area contributed by atoms with E-state index in [1.807, 2.05) is 0 Å². The fourth-order valence-electron chi connectivity index (χ4n) is 1.16. The second-order valence-electron chi connectivity index (χ2n) is 3.03. The first kappa shape index (κ1) is 13.0. The summed E-state index contributed by atoms with van der Waals surface area (Å²) in [6, 6.07) is 2.93. The Labute approximate surface area is 89.8 Å². The van der Waals surface area contributed by atoms with E-state index in [0.29, 0.717) is 6.07 Å². The largest absolute Gasteiger partial charge is 0.502 e. The molecule has 0 aromatic heterocycles. The second kappa shape index (κ2) is 4.04. The molecule has 2 nitrogen and oxygen atoms in total. The summed E-state index contributed by atoms with van der Waals surface area (Å²) in [5.41, 5.74) is -5.55. The first-order valence-corrected chi connectivity index (χ1v) is 5.79. The van der Waals surface area contributed by atoms with Crippen LogP contribution in [-0.2, 0) is 16.3 Å². The van der Waals surface area contributed by atoms with E-state index in [2.05, 4.69) is 0 Å². The maximum absolute atomic E-state index is 13.4. The number of hydrogen-bond donors (Lipinski definition) is 0. The number of benzene rings is 1. The Morgan fingerprint density at radius 3 is 2.25 bits per heavy atom. The molecule has 1 aromatic carbocycles. The lowest BCUT2D eigenvalue weighted by atomic mass is 10.2. The van der Waals surface area contributed by atoms with Gasteiger partial charge in [-0.25, -0.2) is 12.8 Å². The highest BCUT2D eigenvalue weighted by molar-refractivity contribution is 7.92. The third-order valence-electron chi connectivity index (χ3n) is 2.02. The minimum atomic E-state index is -5.61. The van der Waals surface area contributed by atoms with Crippen molar-refractivity contribution in [1.82, 2.24) is 0 Å². The maximum atomic E-state index is 13.4. The van der Waals surface area contributed by atoms with Gasteiger partial charge in [-0.15, -0.1) is 0 Å². The molecule has 0 spiro atoms. The summed E-state index contributed by atoms with van der Waals surface area (Å²) in [7, 11) is -5.61. The van der Waals surface area contributed by atoms with Crippen molar-refractivity contribution >= 4 is 9.84 Å². The van der Waals surface area contributed by atoms with Crippen LogP contribution < -0.4 is 0 Å². The zero-order valence-electron chi connectivity index (χ0n) is 8.18. The summed E-state index contributed by atoms with van der Waals surface area (Å²) in [5, 5.41) is 0. The van der Waals surface area contributed by atoms with E-state index in [0.717, 1.165) is 6.07 Å². The van der Waals surface area contributed by atoms with Gasteiger partial charge >= 0.3 is 5.51 Å². The maximum Gasteiger partial charge on any atom is 0.502 e. The molecule has 0 aliphatic rings. The molecule has 0 aliphatic heterocycles. The van der Waals surface area contributed by atoms with Crippen LogP contribution >= 0.6 is 0 Å². The van der Waals surface area contributed by atoms with Gasteiger partial charge in [0.15, 0.2) is 0 Å². The molecular weight excluding hydrogens is 248 g/mol. The average Bonchev–Trinajstić information content (AvgIpc) is 2.16. The lowest BCUT2D eigenvalue weighted by molar-refractivity contribution is -0.0437. The summed E-state index contributed by atoms with van der Waals surface area (Å²) in [4.78, 5) is -1.32. The Balaban J connectivity index is 3.47. The molecule has 7 heteroatoms. The average molecular weight is 256 g/mol. The van der Waals surface area contributed by atoms with Crippen LogP contribution in [0.1, 0.15) is 12.5 Å². The van der Waals surface area contributed by atoms with Gasteiger partial charge in [0.05, 0.1) is 0 Å². The van der Waals surface area contributed by atoms with E-state index < -0.39 is 26.1 Å². The highest BCUT2D eigenvalue weighted by atomic mass is 32.2. The summed E-state index contributed by atoms with van der Waals surface area (Å²) in [6.07, 6.45) is 0.118. The van der Waals surface area contributed by atoms with Crippen LogP contribution in [0.3, 0.4) is 0 Å². The lowest BCUT2D eigenvalue weighted by Crippen LogP contribution is -2.24. The Bertz CT molecular complexity index is 491. The summed E-state index contributed by atoms with van der Waals surface area (Å²) in [5.74, 6) is -1.33. The van der Waals surface area contributed by atoms with Crippen LogP contribution in [0.25, 0.3) is 0 Å². The van der Waals surface area contributed by atoms with Crippen molar-refractivity contribution in [3.05, 3.63) is 29.6 Å². The van der Waals surface area contributed by atoms with Crippen molar-refractivity contribution in [2.24, 2.45) is 0 Å². The predicted molar refractivity (Wildman–Crippen MR) is 49.0 cm³/mol. The monoisotopic (exact) mass is 256 g/mol. The molecule has 0 N–H and O–H groups in total. The molecule has 0 saturated carbocycles. The molecule has 0 radical (unpaired) electrons. The standard InChI is InChI=1S/C9H8F4O2S/c1-2-6-4-3-5-7(8(6)10)16(14,15)9(11,12)13/h3-5H,2H2,1H3. The summed E-state index contributed by atoms with van der Waals surface area (Å²) in [6.45, 7) is 1.52. The lowest BCUT2D eigenvalue weighted by Gasteiger charge is -2.10. The van der Waals surface area contributed by atoms with Crippen molar-refractivity contribution < 1.29 is 26.0 Å². The zero-order valence-corrected chi connectivity index (χ0v) is 8.99. The minimum absolute atomic E-state index is 0.0645. The topological polar surface area (TPSA) is 34.1 Å². The molecule has 90 valence electrons. The molecule has 0 bridgehead atoms. The van der Waals surface area contributed by atoms with Gasteiger partial charge in [-0.2, -0.15) is 13.2 Å². The first-order chi connectivity index (χ1) is 7.21. The smallest absolute Gasteiger partial charge is 0.214 e. The number of hydrogen-bond acceptors (Lipinski definition) is 2. The predicted octanol–water partition coefficient (Wildman–Crippen LogP) is 2.68. The molecule has 0 saturated heterocycles. The highest BCUT2D eigenvalue weighted by Crippen LogP contribution is 2.32. The molecule has 0 heterocycles. The number of sulfone groups is 1. The van der Waals surface area contributed by atoms with Crippen molar-refractivity contribution in [1.29, 1.82) is 0 Å². The molecule has 16 heavy (non-hydrogen) atoms. The van der Waals surface area contributed by atoms with Crippen molar-refractivity contribution in [3.63, 3.8) is 0 Å². The Morgan fingerprint density at radius 1 is 1.25 bits per heavy atom. The molecule has 0 aliphatic carbocycles. The molecule has 0 fully saturated rings. The van der Waals surface area contributed by atoms with Gasteiger partial charge < -0.3 is 0 Å². The van der Waals surface area contributed by atoms with Gasteiger partial charge in [-0.05, 0) is 18.1 Å². The van der Waals surface area contributed by atoms with Gasteiger partial charge in [0.25, 0.3) is 9.84 Å². The quantitative estimate of drug-likeness (QED) is 0.762. The van der Waals surface area contributed by atoms with E-state index in [-0.39, 0.29) is 12.0 Å². The Morgan fingerprint density at radius 2 is 1.81 bits per heavy atom. The van der Waals surface area contributed by atoms with Crippen LogP contribution in [0.5, 0.6) is 0 Å². The van der Waals surface area contributed by atoms with Crippen molar-refractivity contribution in [3.8, 4) is 0 Å². The molecule has 0 unspecified atom stereocenters. The van der Waals surface area contributed by atoms with E-state index >= 15 is 0 Å². The van der Waals surface area contributed by atoms with Gasteiger partial charge in [-0.3, -0.25) is 0 Å². The number of aryl methyl sites for hydroxylation is 1. The summed E-state index contributed by atoms with van der Waals surface area (Å²) >= 11 is 0. The fraction of sp³-hybridized carbons (Fsp3) is 0.333. The minimum Gasteiger partial charge on any atom is -0.214 e. The molecule has 1 aromatic rings. The molecule has 1 rings (SSSR count). The Hall–Kier alpha value is -1.11. The normalized spacial score (nSPS) is 12.8. The number of rotatable bonds is 2. The highest BCUT2D eigenvalue weighted by Gasteiger charge is 2.48. The van der Waals surface area contributed by atoms with E-state index in [4.69, 9.17) is 0 Å². The first-order valence-electron chi connectivity index (χ1n) is 4.30. The second-order valence-corrected chi connectivity index (χ2v) is 4.94. The Kier molecular flexibility index (Phi) is 3.27. The number of halogens is 4. The van der Waals surface area contributed by atoms with Crippen LogP contribution in [0, 0.1) is 5.82 Å². The van der Waals surface area contributed by atoms with Crippen LogP contribution in [0.15, 0.2) is 23.1 Å². The van der Waals surface area contributed by atoms with Gasteiger partial charge in [-0.1, -0.05) is 19.1 Å². The van der Waals surface area contributed by atoms with E-state index in [1.54, 1.807) is 0 Å². The van der Waals surface area contributed by atoms with Gasteiger partial charge in [0, 0.05) is 0 Å². The third kappa shape index (κ3) is 2.04. The number of alkyl halides is 3. The van der Waals surface area contributed by atoms with Crippen LogP contribution in [-0.4, -0.2) is 13.9 Å². The van der Waals surface area contributed by atoms with Crippen molar-refractivity contribution in [2.75, 3.05) is 0 Å². The molecule has 0 amide bonds. The SMILES string of the molecule is CCc1cccc(S(=O)(=O)C(F)(F)F)c1F. The van der Waals surface area contributed by atoms with Gasteiger partial charge in [0.1, 0.15) is 10.7 Å². The van der Waals surface area contributed by atoms with Crippen molar-refractivity contribution in [2.45, 2.75) is 23.7 Å². The zero-order chi connectivity index (χ0) is 12.6. The summed E-state index contributed by atoms with van der Waals surface area (Å²) < 4.78 is 71.9. The fourth-order valence-corrected chi connectivity index (χ4v) is 2.04. The molecule has 0 atom stereocenters. The molecular formula is C9H8F4O2S. The van der Waals surface area contributed by atoms with Crippen LogP contribution in [0.4, 0.5) is 17.6 Å². The van der Waals surface area contributed by atoms with Crippen LogP contribution in [0.2, 0.25) is 0 Å². The third-order valence-corrected chi connectivity index (χ3v) is 3.52. The van der Waals surface area contributed by atoms with E-state index in [9.17, 15) is 26.0 Å². The van der Waals surface area contributed by atoms with Gasteiger partial charge in [0.2, 0.25) is 0 Å².